The van der Waals surface area contributed by atoms with Crippen molar-refractivity contribution >= 4 is 17.5 Å². The summed E-state index contributed by atoms with van der Waals surface area (Å²) in [6, 6.07) is 8.69. The first-order valence-corrected chi connectivity index (χ1v) is 7.09. The quantitative estimate of drug-likeness (QED) is 0.594. The number of hydrogen-bond donors (Lipinski definition) is 2. The maximum atomic E-state index is 11.7. The minimum Gasteiger partial charge on any atom is -0.492 e. The Bertz CT molecular complexity index is 668. The molecule has 120 valence electrons. The number of aromatic nitrogens is 2. The Morgan fingerprint density at radius 1 is 1.30 bits per heavy atom. The maximum Gasteiger partial charge on any atom is 0.313 e. The highest BCUT2D eigenvalue weighted by molar-refractivity contribution is 6.39. The van der Waals surface area contributed by atoms with Crippen LogP contribution in [0.2, 0.25) is 0 Å². The van der Waals surface area contributed by atoms with E-state index in [9.17, 15) is 9.59 Å². The number of carbonyl (C=O) groups excluding carboxylic acids is 2. The second-order valence-electron chi connectivity index (χ2n) is 4.60. The van der Waals surface area contributed by atoms with Crippen molar-refractivity contribution in [3.63, 3.8) is 0 Å². The Kier molecular flexibility index (Phi) is 5.93. The highest BCUT2D eigenvalue weighted by atomic mass is 16.5. The smallest absolute Gasteiger partial charge is 0.313 e. The zero-order chi connectivity index (χ0) is 16.5. The molecule has 2 amide bonds. The summed E-state index contributed by atoms with van der Waals surface area (Å²) in [5.74, 6) is -0.850. The Hall–Kier alpha value is -3.09. The van der Waals surface area contributed by atoms with E-state index >= 15 is 0 Å². The van der Waals surface area contributed by atoms with Gasteiger partial charge >= 0.3 is 11.8 Å². The van der Waals surface area contributed by atoms with Crippen LogP contribution < -0.4 is 15.4 Å². The lowest BCUT2D eigenvalue weighted by atomic mass is 10.3. The zero-order valence-corrected chi connectivity index (χ0v) is 12.6. The molecule has 0 aliphatic rings. The van der Waals surface area contributed by atoms with Crippen LogP contribution in [-0.4, -0.2) is 34.7 Å². The molecular weight excluding hydrogens is 296 g/mol. The van der Waals surface area contributed by atoms with Crippen molar-refractivity contribution < 1.29 is 14.3 Å². The van der Waals surface area contributed by atoms with Gasteiger partial charge in [0.2, 0.25) is 0 Å². The second-order valence-corrected chi connectivity index (χ2v) is 4.60. The summed E-state index contributed by atoms with van der Waals surface area (Å²) in [5, 5.41) is 9.00. The SMILES string of the molecule is C=CCNC(=O)C(=O)Nc1cccc(OCCn2cccn2)c1. The predicted octanol–water partition coefficient (Wildman–Crippen LogP) is 1.20. The molecule has 2 rings (SSSR count). The molecule has 0 aliphatic carbocycles. The fourth-order valence-electron chi connectivity index (χ4n) is 1.79. The van der Waals surface area contributed by atoms with Gasteiger partial charge in [-0.15, -0.1) is 6.58 Å². The van der Waals surface area contributed by atoms with Gasteiger partial charge in [-0.25, -0.2) is 0 Å². The van der Waals surface area contributed by atoms with Gasteiger partial charge in [0.1, 0.15) is 12.4 Å². The molecule has 1 aromatic heterocycles. The third-order valence-electron chi connectivity index (χ3n) is 2.85. The van der Waals surface area contributed by atoms with Crippen LogP contribution >= 0.6 is 0 Å². The van der Waals surface area contributed by atoms with Crippen molar-refractivity contribution in [3.05, 3.63) is 55.4 Å². The number of anilines is 1. The molecule has 0 spiro atoms. The van der Waals surface area contributed by atoms with Crippen molar-refractivity contribution in [1.29, 1.82) is 0 Å². The molecule has 0 saturated heterocycles. The fourth-order valence-corrected chi connectivity index (χ4v) is 1.79. The summed E-state index contributed by atoms with van der Waals surface area (Å²) in [7, 11) is 0. The topological polar surface area (TPSA) is 85.3 Å². The fraction of sp³-hybridized carbons (Fsp3) is 0.188. The van der Waals surface area contributed by atoms with Gasteiger partial charge in [0.05, 0.1) is 6.54 Å². The Morgan fingerprint density at radius 3 is 2.91 bits per heavy atom. The van der Waals surface area contributed by atoms with E-state index in [1.54, 1.807) is 35.1 Å². The van der Waals surface area contributed by atoms with Crippen LogP contribution in [0, 0.1) is 0 Å². The number of ether oxygens (including phenoxy) is 1. The molecule has 0 radical (unpaired) electrons. The molecular formula is C16H18N4O3. The van der Waals surface area contributed by atoms with Gasteiger partial charge in [-0.05, 0) is 18.2 Å². The molecule has 0 aliphatic heterocycles. The number of rotatable bonds is 7. The Balaban J connectivity index is 1.85. The van der Waals surface area contributed by atoms with Crippen LogP contribution in [0.4, 0.5) is 5.69 Å². The van der Waals surface area contributed by atoms with Crippen molar-refractivity contribution in [2.75, 3.05) is 18.5 Å². The molecule has 1 aromatic carbocycles. The summed E-state index contributed by atoms with van der Waals surface area (Å²) >= 11 is 0. The molecule has 23 heavy (non-hydrogen) atoms. The Morgan fingerprint density at radius 2 is 2.17 bits per heavy atom. The number of hydrogen-bond acceptors (Lipinski definition) is 4. The van der Waals surface area contributed by atoms with E-state index in [4.69, 9.17) is 4.74 Å². The number of nitrogens with one attached hydrogen (secondary N) is 2. The number of benzene rings is 1. The van der Waals surface area contributed by atoms with Crippen LogP contribution in [0.15, 0.2) is 55.4 Å². The molecule has 0 saturated carbocycles. The van der Waals surface area contributed by atoms with Crippen molar-refractivity contribution in [2.45, 2.75) is 6.54 Å². The number of nitrogens with zero attached hydrogens (tertiary/aromatic N) is 2. The van der Waals surface area contributed by atoms with Crippen LogP contribution in [0.1, 0.15) is 0 Å². The third-order valence-corrected chi connectivity index (χ3v) is 2.85. The average molecular weight is 314 g/mol. The third kappa shape index (κ3) is 5.31. The summed E-state index contributed by atoms with van der Waals surface area (Å²) in [6.07, 6.45) is 5.05. The van der Waals surface area contributed by atoms with E-state index in [0.29, 0.717) is 24.6 Å². The highest BCUT2D eigenvalue weighted by Gasteiger charge is 2.12. The molecule has 0 bridgehead atoms. The number of amides is 2. The van der Waals surface area contributed by atoms with E-state index in [2.05, 4.69) is 22.3 Å². The van der Waals surface area contributed by atoms with Gasteiger partial charge in [-0.3, -0.25) is 14.3 Å². The molecule has 0 atom stereocenters. The lowest BCUT2D eigenvalue weighted by molar-refractivity contribution is -0.136. The van der Waals surface area contributed by atoms with E-state index in [1.807, 2.05) is 12.3 Å². The van der Waals surface area contributed by atoms with Gasteiger partial charge in [0.25, 0.3) is 0 Å². The van der Waals surface area contributed by atoms with Crippen molar-refractivity contribution in [1.82, 2.24) is 15.1 Å². The summed E-state index contributed by atoms with van der Waals surface area (Å²) in [5.41, 5.74) is 0.486. The monoisotopic (exact) mass is 314 g/mol. The molecule has 2 aromatic rings. The molecule has 1 heterocycles. The largest absolute Gasteiger partial charge is 0.492 e. The average Bonchev–Trinajstić information content (AvgIpc) is 3.06. The molecule has 7 nitrogen and oxygen atoms in total. The molecule has 0 fully saturated rings. The van der Waals surface area contributed by atoms with Gasteiger partial charge in [0.15, 0.2) is 0 Å². The Labute approximate surface area is 133 Å². The lowest BCUT2D eigenvalue weighted by Crippen LogP contribution is -2.35. The van der Waals surface area contributed by atoms with Crippen molar-refractivity contribution in [3.8, 4) is 5.75 Å². The van der Waals surface area contributed by atoms with Crippen molar-refractivity contribution in [2.24, 2.45) is 0 Å². The lowest BCUT2D eigenvalue weighted by Gasteiger charge is -2.09. The molecule has 2 N–H and O–H groups in total. The second kappa shape index (κ2) is 8.38. The van der Waals surface area contributed by atoms with E-state index in [1.165, 1.54) is 6.08 Å². The summed E-state index contributed by atoms with van der Waals surface area (Å²) in [4.78, 5) is 23.2. The van der Waals surface area contributed by atoms with Gasteiger partial charge < -0.3 is 15.4 Å². The van der Waals surface area contributed by atoms with Crippen LogP contribution in [0.3, 0.4) is 0 Å². The number of carbonyl (C=O) groups is 2. The summed E-state index contributed by atoms with van der Waals surface area (Å²) in [6.45, 7) is 4.77. The van der Waals surface area contributed by atoms with E-state index in [0.717, 1.165) is 0 Å². The standard InChI is InChI=1S/C16H18N4O3/c1-2-7-17-15(21)16(22)19-13-5-3-6-14(12-13)23-11-10-20-9-4-8-18-20/h2-6,8-9,12H,1,7,10-11H2,(H,17,21)(H,19,22). The van der Waals surface area contributed by atoms with Crippen LogP contribution in [0.5, 0.6) is 5.75 Å². The van der Waals surface area contributed by atoms with Gasteiger partial charge in [0, 0.05) is 30.7 Å². The first-order chi connectivity index (χ1) is 11.2. The van der Waals surface area contributed by atoms with Crippen LogP contribution in [-0.2, 0) is 16.1 Å². The van der Waals surface area contributed by atoms with E-state index in [-0.39, 0.29) is 6.54 Å². The van der Waals surface area contributed by atoms with Crippen LogP contribution in [0.25, 0.3) is 0 Å². The first kappa shape index (κ1) is 16.3. The minimum atomic E-state index is -0.736. The molecule has 0 unspecified atom stereocenters. The molecule has 7 heteroatoms. The predicted molar refractivity (Wildman–Crippen MR) is 86.0 cm³/mol. The first-order valence-electron chi connectivity index (χ1n) is 7.09. The summed E-state index contributed by atoms with van der Waals surface area (Å²) < 4.78 is 7.36. The highest BCUT2D eigenvalue weighted by Crippen LogP contribution is 2.17. The van der Waals surface area contributed by atoms with Gasteiger partial charge in [-0.2, -0.15) is 5.10 Å². The zero-order valence-electron chi connectivity index (χ0n) is 12.6. The normalized spacial score (nSPS) is 9.91. The maximum absolute atomic E-state index is 11.7. The minimum absolute atomic E-state index is 0.239. The van der Waals surface area contributed by atoms with E-state index < -0.39 is 11.8 Å². The van der Waals surface area contributed by atoms with Gasteiger partial charge in [-0.1, -0.05) is 12.1 Å².